The van der Waals surface area contributed by atoms with Crippen LogP contribution in [0.15, 0.2) is 36.9 Å². The van der Waals surface area contributed by atoms with Gasteiger partial charge in [-0.25, -0.2) is 0 Å². The van der Waals surface area contributed by atoms with Crippen LogP contribution in [-0.4, -0.2) is 50.0 Å². The molecule has 1 aromatic rings. The van der Waals surface area contributed by atoms with E-state index in [9.17, 15) is 0 Å². The van der Waals surface area contributed by atoms with Gasteiger partial charge in [0, 0.05) is 13.1 Å². The molecule has 23 heavy (non-hydrogen) atoms. The van der Waals surface area contributed by atoms with Gasteiger partial charge in [-0.3, -0.25) is 4.90 Å². The molecule has 0 aliphatic carbocycles. The number of nitrogens with zero attached hydrogens (tertiary/aromatic N) is 1. The summed E-state index contributed by atoms with van der Waals surface area (Å²) in [6.07, 6.45) is 4.58. The molecule has 4 heteroatoms. The van der Waals surface area contributed by atoms with Crippen molar-refractivity contribution in [3.8, 4) is 11.5 Å². The molecule has 0 amide bonds. The third kappa shape index (κ3) is 6.24. The van der Waals surface area contributed by atoms with Crippen LogP contribution in [0, 0.1) is 0 Å². The molecule has 0 bridgehead atoms. The summed E-state index contributed by atoms with van der Waals surface area (Å²) in [4.78, 5) is 2.49. The van der Waals surface area contributed by atoms with Crippen LogP contribution in [0.4, 0.5) is 0 Å². The highest BCUT2D eigenvalue weighted by molar-refractivity contribution is 5.39. The summed E-state index contributed by atoms with van der Waals surface area (Å²) in [5.41, 5.74) is 0. The van der Waals surface area contributed by atoms with Crippen LogP contribution in [0.25, 0.3) is 0 Å². The van der Waals surface area contributed by atoms with Crippen LogP contribution in [0.2, 0.25) is 0 Å². The fourth-order valence-corrected chi connectivity index (χ4v) is 2.92. The molecule has 0 spiro atoms. The zero-order valence-corrected chi connectivity index (χ0v) is 14.4. The van der Waals surface area contributed by atoms with Crippen LogP contribution in [0.1, 0.15) is 26.7 Å². The lowest BCUT2D eigenvalue weighted by atomic mass is 10.2. The second-order valence-electron chi connectivity index (χ2n) is 6.12. The van der Waals surface area contributed by atoms with Gasteiger partial charge in [-0.2, -0.15) is 0 Å². The molecule has 1 heterocycles. The predicted molar refractivity (Wildman–Crippen MR) is 93.3 cm³/mol. The molecular weight excluding hydrogens is 290 g/mol. The summed E-state index contributed by atoms with van der Waals surface area (Å²) in [6.45, 7) is 12.3. The SMILES string of the molecule is C=CCOc1ccccc1OCCCCN1C[C@@H](C)O[C@@H](C)C1. The lowest BCUT2D eigenvalue weighted by Crippen LogP contribution is -2.45. The average Bonchev–Trinajstić information content (AvgIpc) is 2.52. The molecule has 1 aromatic carbocycles. The molecule has 0 saturated carbocycles. The van der Waals surface area contributed by atoms with E-state index >= 15 is 0 Å². The van der Waals surface area contributed by atoms with E-state index in [0.717, 1.165) is 44.0 Å². The topological polar surface area (TPSA) is 30.9 Å². The highest BCUT2D eigenvalue weighted by Crippen LogP contribution is 2.26. The van der Waals surface area contributed by atoms with Crippen LogP contribution < -0.4 is 9.47 Å². The summed E-state index contributed by atoms with van der Waals surface area (Å²) in [5.74, 6) is 1.59. The van der Waals surface area contributed by atoms with E-state index in [1.165, 1.54) is 0 Å². The van der Waals surface area contributed by atoms with E-state index in [0.29, 0.717) is 25.4 Å². The van der Waals surface area contributed by atoms with Crippen molar-refractivity contribution in [2.24, 2.45) is 0 Å². The second kappa shape index (κ2) is 9.58. The molecule has 1 fully saturated rings. The van der Waals surface area contributed by atoms with E-state index in [1.54, 1.807) is 6.08 Å². The van der Waals surface area contributed by atoms with Gasteiger partial charge in [-0.1, -0.05) is 24.8 Å². The summed E-state index contributed by atoms with van der Waals surface area (Å²) < 4.78 is 17.2. The van der Waals surface area contributed by atoms with Crippen molar-refractivity contribution in [1.29, 1.82) is 0 Å². The Morgan fingerprint density at radius 2 is 1.78 bits per heavy atom. The first-order valence-electron chi connectivity index (χ1n) is 8.52. The highest BCUT2D eigenvalue weighted by Gasteiger charge is 2.21. The van der Waals surface area contributed by atoms with Crippen molar-refractivity contribution in [2.75, 3.05) is 32.8 Å². The Balaban J connectivity index is 1.66. The number of unbranched alkanes of at least 4 members (excludes halogenated alkanes) is 1. The lowest BCUT2D eigenvalue weighted by Gasteiger charge is -2.35. The third-order valence-electron chi connectivity index (χ3n) is 3.83. The van der Waals surface area contributed by atoms with Crippen molar-refractivity contribution >= 4 is 0 Å². The summed E-state index contributed by atoms with van der Waals surface area (Å²) >= 11 is 0. The minimum absolute atomic E-state index is 0.337. The van der Waals surface area contributed by atoms with Gasteiger partial charge in [-0.15, -0.1) is 0 Å². The van der Waals surface area contributed by atoms with Gasteiger partial charge in [0.05, 0.1) is 18.8 Å². The van der Waals surface area contributed by atoms with E-state index in [2.05, 4.69) is 25.3 Å². The van der Waals surface area contributed by atoms with Gasteiger partial charge < -0.3 is 14.2 Å². The second-order valence-corrected chi connectivity index (χ2v) is 6.12. The lowest BCUT2D eigenvalue weighted by molar-refractivity contribution is -0.0682. The first-order valence-corrected chi connectivity index (χ1v) is 8.52. The van der Waals surface area contributed by atoms with E-state index in [4.69, 9.17) is 14.2 Å². The number of benzene rings is 1. The van der Waals surface area contributed by atoms with Crippen LogP contribution in [-0.2, 0) is 4.74 Å². The van der Waals surface area contributed by atoms with Gasteiger partial charge >= 0.3 is 0 Å². The predicted octanol–water partition coefficient (Wildman–Crippen LogP) is 3.52. The molecule has 128 valence electrons. The molecule has 4 nitrogen and oxygen atoms in total. The molecule has 1 saturated heterocycles. The Kier molecular flexibility index (Phi) is 7.43. The Hall–Kier alpha value is -1.52. The summed E-state index contributed by atoms with van der Waals surface area (Å²) in [6, 6.07) is 7.79. The average molecular weight is 319 g/mol. The normalized spacial score (nSPS) is 21.8. The smallest absolute Gasteiger partial charge is 0.161 e. The van der Waals surface area contributed by atoms with Crippen LogP contribution in [0.3, 0.4) is 0 Å². The number of hydrogen-bond donors (Lipinski definition) is 0. The van der Waals surface area contributed by atoms with E-state index in [1.807, 2.05) is 24.3 Å². The fraction of sp³-hybridized carbons (Fsp3) is 0.579. The zero-order chi connectivity index (χ0) is 16.5. The standard InChI is InChI=1S/C19H29NO3/c1-4-12-21-18-9-5-6-10-19(18)22-13-8-7-11-20-14-16(2)23-17(3)15-20/h4-6,9-10,16-17H,1,7-8,11-15H2,2-3H3/t16-,17+. The highest BCUT2D eigenvalue weighted by atomic mass is 16.5. The fourth-order valence-electron chi connectivity index (χ4n) is 2.92. The molecule has 0 N–H and O–H groups in total. The van der Waals surface area contributed by atoms with Crippen molar-refractivity contribution in [1.82, 2.24) is 4.90 Å². The summed E-state index contributed by atoms with van der Waals surface area (Å²) in [5, 5.41) is 0. The maximum absolute atomic E-state index is 5.86. The summed E-state index contributed by atoms with van der Waals surface area (Å²) in [7, 11) is 0. The molecule has 0 radical (unpaired) electrons. The number of para-hydroxylation sites is 2. The zero-order valence-electron chi connectivity index (χ0n) is 14.4. The van der Waals surface area contributed by atoms with E-state index in [-0.39, 0.29) is 0 Å². The Labute approximate surface area is 140 Å². The number of hydrogen-bond acceptors (Lipinski definition) is 4. The van der Waals surface area contributed by atoms with Gasteiger partial charge in [0.1, 0.15) is 6.61 Å². The molecular formula is C19H29NO3. The van der Waals surface area contributed by atoms with Crippen molar-refractivity contribution < 1.29 is 14.2 Å². The monoisotopic (exact) mass is 319 g/mol. The Morgan fingerprint density at radius 1 is 1.13 bits per heavy atom. The van der Waals surface area contributed by atoms with Crippen LogP contribution in [0.5, 0.6) is 11.5 Å². The van der Waals surface area contributed by atoms with Crippen molar-refractivity contribution in [3.63, 3.8) is 0 Å². The number of morpholine rings is 1. The first-order chi connectivity index (χ1) is 11.2. The molecule has 2 rings (SSSR count). The van der Waals surface area contributed by atoms with Gasteiger partial charge in [0.15, 0.2) is 11.5 Å². The largest absolute Gasteiger partial charge is 0.490 e. The van der Waals surface area contributed by atoms with Gasteiger partial charge in [0.25, 0.3) is 0 Å². The van der Waals surface area contributed by atoms with Crippen molar-refractivity contribution in [2.45, 2.75) is 38.9 Å². The maximum atomic E-state index is 5.86. The molecule has 1 aliphatic heterocycles. The maximum Gasteiger partial charge on any atom is 0.161 e. The van der Waals surface area contributed by atoms with Crippen molar-refractivity contribution in [3.05, 3.63) is 36.9 Å². The van der Waals surface area contributed by atoms with Crippen LogP contribution >= 0.6 is 0 Å². The Bertz CT molecular complexity index is 467. The minimum Gasteiger partial charge on any atom is -0.490 e. The quantitative estimate of drug-likeness (QED) is 0.515. The van der Waals surface area contributed by atoms with Gasteiger partial charge in [-0.05, 0) is 45.4 Å². The minimum atomic E-state index is 0.337. The molecule has 0 aromatic heterocycles. The molecule has 2 atom stereocenters. The van der Waals surface area contributed by atoms with E-state index < -0.39 is 0 Å². The first kappa shape index (κ1) is 17.8. The molecule has 1 aliphatic rings. The Morgan fingerprint density at radius 3 is 2.43 bits per heavy atom. The third-order valence-corrected chi connectivity index (χ3v) is 3.83. The number of ether oxygens (including phenoxy) is 3. The number of rotatable bonds is 9. The molecule has 0 unspecified atom stereocenters. The van der Waals surface area contributed by atoms with Gasteiger partial charge in [0.2, 0.25) is 0 Å².